The van der Waals surface area contributed by atoms with Crippen LogP contribution in [0.4, 0.5) is 0 Å². The summed E-state index contributed by atoms with van der Waals surface area (Å²) in [4.78, 5) is 21.7. The highest BCUT2D eigenvalue weighted by Crippen LogP contribution is 2.26. The molecular weight excluding hydrogens is 367 g/mol. The van der Waals surface area contributed by atoms with Crippen molar-refractivity contribution in [1.29, 1.82) is 0 Å². The number of halogens is 2. The first-order valence-corrected chi connectivity index (χ1v) is 7.94. The highest BCUT2D eigenvalue weighted by atomic mass is 35.5. The lowest BCUT2D eigenvalue weighted by atomic mass is 10.1. The van der Waals surface area contributed by atoms with Crippen molar-refractivity contribution in [3.63, 3.8) is 0 Å². The molecular formula is C18H14Cl2O5. The van der Waals surface area contributed by atoms with Gasteiger partial charge in [0.1, 0.15) is 12.4 Å². The molecule has 0 saturated heterocycles. The molecule has 0 radical (unpaired) electrons. The summed E-state index contributed by atoms with van der Waals surface area (Å²) in [7, 11) is 0. The Morgan fingerprint density at radius 1 is 1.00 bits per heavy atom. The Hall–Kier alpha value is -2.50. The van der Waals surface area contributed by atoms with Crippen LogP contribution in [0, 0.1) is 0 Å². The van der Waals surface area contributed by atoms with E-state index in [1.807, 2.05) is 0 Å². The van der Waals surface area contributed by atoms with Gasteiger partial charge in [0.15, 0.2) is 0 Å². The molecule has 0 spiro atoms. The third kappa shape index (κ3) is 5.52. The predicted octanol–water partition coefficient (Wildman–Crippen LogP) is 4.52. The molecule has 2 aromatic rings. The minimum absolute atomic E-state index is 0.188. The Morgan fingerprint density at radius 2 is 1.60 bits per heavy atom. The second-order valence-electron chi connectivity index (χ2n) is 5.10. The Morgan fingerprint density at radius 3 is 2.12 bits per heavy atom. The minimum Gasteiger partial charge on any atom is -0.489 e. The molecule has 2 aromatic carbocycles. The number of benzene rings is 2. The monoisotopic (exact) mass is 380 g/mol. The molecule has 7 heteroatoms. The van der Waals surface area contributed by atoms with E-state index in [1.54, 1.807) is 42.5 Å². The maximum atomic E-state index is 11.0. The first kappa shape index (κ1) is 18.8. The molecule has 0 heterocycles. The molecule has 0 saturated carbocycles. The molecule has 0 atom stereocenters. The minimum atomic E-state index is -1.27. The van der Waals surface area contributed by atoms with Crippen LogP contribution in [0.1, 0.15) is 17.5 Å². The number of hydrogen-bond donors (Lipinski definition) is 2. The van der Waals surface area contributed by atoms with Crippen molar-refractivity contribution >= 4 is 41.2 Å². The zero-order valence-electron chi connectivity index (χ0n) is 12.9. The van der Waals surface area contributed by atoms with Crippen LogP contribution in [-0.4, -0.2) is 22.2 Å². The molecule has 0 aromatic heterocycles. The standard InChI is InChI=1S/C18H14Cl2O5/c19-15-2-1-3-16(20)14(15)10-25-13-6-4-11(5-7-13)8-12(18(23)24)9-17(21)22/h1-8H,9-10H2,(H,21,22)(H,23,24)/b12-8+. The van der Waals surface area contributed by atoms with Gasteiger partial charge in [-0.2, -0.15) is 0 Å². The lowest BCUT2D eigenvalue weighted by Gasteiger charge is -2.09. The molecule has 25 heavy (non-hydrogen) atoms. The van der Waals surface area contributed by atoms with Crippen LogP contribution in [-0.2, 0) is 16.2 Å². The Kier molecular flexibility index (Phi) is 6.44. The van der Waals surface area contributed by atoms with E-state index < -0.39 is 18.4 Å². The third-order valence-electron chi connectivity index (χ3n) is 3.28. The number of aliphatic carboxylic acids is 2. The van der Waals surface area contributed by atoms with Gasteiger partial charge in [0, 0.05) is 21.2 Å². The van der Waals surface area contributed by atoms with Gasteiger partial charge >= 0.3 is 11.9 Å². The molecule has 2 rings (SSSR count). The second kappa shape index (κ2) is 8.55. The quantitative estimate of drug-likeness (QED) is 0.690. The highest BCUT2D eigenvalue weighted by molar-refractivity contribution is 6.35. The number of carbonyl (C=O) groups is 2. The second-order valence-corrected chi connectivity index (χ2v) is 5.92. The summed E-state index contributed by atoms with van der Waals surface area (Å²) in [6, 6.07) is 11.7. The molecule has 0 amide bonds. The van der Waals surface area contributed by atoms with E-state index in [0.717, 1.165) is 0 Å². The van der Waals surface area contributed by atoms with Gasteiger partial charge in [-0.3, -0.25) is 4.79 Å². The van der Waals surface area contributed by atoms with Gasteiger partial charge in [-0.25, -0.2) is 4.79 Å². The highest BCUT2D eigenvalue weighted by Gasteiger charge is 2.12. The SMILES string of the molecule is O=C(O)C/C(=C\c1ccc(OCc2c(Cl)cccc2Cl)cc1)C(=O)O. The lowest BCUT2D eigenvalue weighted by molar-refractivity contribution is -0.139. The first-order valence-electron chi connectivity index (χ1n) is 7.18. The summed E-state index contributed by atoms with van der Waals surface area (Å²) < 4.78 is 5.63. The van der Waals surface area contributed by atoms with Crippen molar-refractivity contribution in [2.75, 3.05) is 0 Å². The van der Waals surface area contributed by atoms with E-state index in [0.29, 0.717) is 26.9 Å². The fourth-order valence-electron chi connectivity index (χ4n) is 2.04. The first-order chi connectivity index (χ1) is 11.9. The van der Waals surface area contributed by atoms with Crippen molar-refractivity contribution in [1.82, 2.24) is 0 Å². The number of ether oxygens (including phenoxy) is 1. The predicted molar refractivity (Wildman–Crippen MR) is 95.1 cm³/mol. The summed E-state index contributed by atoms with van der Waals surface area (Å²) in [5, 5.41) is 18.8. The fourth-order valence-corrected chi connectivity index (χ4v) is 2.55. The van der Waals surface area contributed by atoms with Gasteiger partial charge < -0.3 is 14.9 Å². The summed E-state index contributed by atoms with van der Waals surface area (Å²) in [5.41, 5.74) is 1.02. The van der Waals surface area contributed by atoms with Gasteiger partial charge in [-0.15, -0.1) is 0 Å². The molecule has 0 fully saturated rings. The smallest absolute Gasteiger partial charge is 0.332 e. The van der Waals surface area contributed by atoms with Crippen LogP contribution in [0.15, 0.2) is 48.0 Å². The van der Waals surface area contributed by atoms with E-state index >= 15 is 0 Å². The Labute approximate surface area is 154 Å². The number of carboxylic acids is 2. The van der Waals surface area contributed by atoms with Gasteiger partial charge in [0.05, 0.1) is 6.42 Å². The van der Waals surface area contributed by atoms with Crippen LogP contribution in [0.25, 0.3) is 6.08 Å². The van der Waals surface area contributed by atoms with Crippen LogP contribution in [0.5, 0.6) is 5.75 Å². The van der Waals surface area contributed by atoms with Gasteiger partial charge in [0.2, 0.25) is 0 Å². The number of carboxylic acid groups (broad SMARTS) is 2. The van der Waals surface area contributed by atoms with E-state index in [1.165, 1.54) is 6.08 Å². The molecule has 0 bridgehead atoms. The van der Waals surface area contributed by atoms with E-state index in [2.05, 4.69) is 0 Å². The summed E-state index contributed by atoms with van der Waals surface area (Å²) in [6.07, 6.45) is 0.754. The van der Waals surface area contributed by atoms with Crippen LogP contribution in [0.3, 0.4) is 0 Å². The number of rotatable bonds is 7. The maximum absolute atomic E-state index is 11.0. The van der Waals surface area contributed by atoms with Crippen molar-refractivity contribution in [3.8, 4) is 5.75 Å². The molecule has 5 nitrogen and oxygen atoms in total. The zero-order valence-corrected chi connectivity index (χ0v) is 14.4. The molecule has 0 unspecified atom stereocenters. The molecule has 130 valence electrons. The topological polar surface area (TPSA) is 83.8 Å². The Balaban J connectivity index is 2.09. The zero-order chi connectivity index (χ0) is 18.4. The van der Waals surface area contributed by atoms with Crippen LogP contribution in [0.2, 0.25) is 10.0 Å². The van der Waals surface area contributed by atoms with E-state index in [4.69, 9.17) is 38.2 Å². The van der Waals surface area contributed by atoms with Crippen molar-refractivity contribution in [2.45, 2.75) is 13.0 Å². The van der Waals surface area contributed by atoms with Crippen LogP contribution >= 0.6 is 23.2 Å². The lowest BCUT2D eigenvalue weighted by Crippen LogP contribution is -2.06. The molecule has 0 aliphatic carbocycles. The van der Waals surface area contributed by atoms with Crippen molar-refractivity contribution in [2.24, 2.45) is 0 Å². The van der Waals surface area contributed by atoms with Crippen LogP contribution < -0.4 is 4.74 Å². The Bertz CT molecular complexity index is 792. The average molecular weight is 381 g/mol. The largest absolute Gasteiger partial charge is 0.489 e. The van der Waals surface area contributed by atoms with Gasteiger partial charge in [-0.1, -0.05) is 41.4 Å². The van der Waals surface area contributed by atoms with Gasteiger partial charge in [-0.05, 0) is 35.9 Å². The fraction of sp³-hybridized carbons (Fsp3) is 0.111. The normalized spacial score (nSPS) is 11.2. The summed E-state index contributed by atoms with van der Waals surface area (Å²) in [6.45, 7) is 0.188. The average Bonchev–Trinajstić information content (AvgIpc) is 2.54. The molecule has 2 N–H and O–H groups in total. The van der Waals surface area contributed by atoms with Crippen molar-refractivity contribution < 1.29 is 24.5 Å². The third-order valence-corrected chi connectivity index (χ3v) is 3.99. The summed E-state index contributed by atoms with van der Waals surface area (Å²) in [5.74, 6) is -1.93. The van der Waals surface area contributed by atoms with E-state index in [9.17, 15) is 9.59 Å². The molecule has 0 aliphatic heterocycles. The number of hydrogen-bond acceptors (Lipinski definition) is 3. The molecule has 0 aliphatic rings. The van der Waals surface area contributed by atoms with Gasteiger partial charge in [0.25, 0.3) is 0 Å². The van der Waals surface area contributed by atoms with Crippen molar-refractivity contribution in [3.05, 3.63) is 69.2 Å². The van der Waals surface area contributed by atoms with E-state index in [-0.39, 0.29) is 12.2 Å². The summed E-state index contributed by atoms with van der Waals surface area (Å²) >= 11 is 12.1. The maximum Gasteiger partial charge on any atom is 0.332 e.